The Bertz CT molecular complexity index is 898. The molecule has 1 aliphatic rings. The van der Waals surface area contributed by atoms with E-state index in [0.29, 0.717) is 13.0 Å². The average Bonchev–Trinajstić information content (AvgIpc) is 2.86. The molecule has 0 spiro atoms. The maximum absolute atomic E-state index is 12.6. The Labute approximate surface area is 202 Å². The first-order valence-corrected chi connectivity index (χ1v) is 12.3. The van der Waals surface area contributed by atoms with Crippen molar-refractivity contribution in [2.45, 2.75) is 44.6 Å². The monoisotopic (exact) mass is 467 g/mol. The number of hydrogen-bond acceptors (Lipinski definition) is 5. The minimum absolute atomic E-state index is 0.106. The fourth-order valence-electron chi connectivity index (χ4n) is 4.17. The van der Waals surface area contributed by atoms with Crippen molar-refractivity contribution in [1.82, 2.24) is 9.80 Å². The van der Waals surface area contributed by atoms with E-state index in [-0.39, 0.29) is 18.6 Å². The summed E-state index contributed by atoms with van der Waals surface area (Å²) in [5.41, 5.74) is 2.74. The number of anilines is 1. The molecule has 7 nitrogen and oxygen atoms in total. The van der Waals surface area contributed by atoms with Gasteiger partial charge in [-0.2, -0.15) is 0 Å². The molecule has 34 heavy (non-hydrogen) atoms. The van der Waals surface area contributed by atoms with Crippen LogP contribution >= 0.6 is 0 Å². The second-order valence-electron chi connectivity index (χ2n) is 8.83. The van der Waals surface area contributed by atoms with Crippen molar-refractivity contribution in [1.29, 1.82) is 0 Å². The second-order valence-corrected chi connectivity index (χ2v) is 8.83. The molecular weight excluding hydrogens is 430 g/mol. The molecule has 0 saturated carbocycles. The number of benzene rings is 2. The van der Waals surface area contributed by atoms with E-state index in [1.807, 2.05) is 61.6 Å². The summed E-state index contributed by atoms with van der Waals surface area (Å²) in [5.74, 6) is 0.156. The number of amides is 2. The van der Waals surface area contributed by atoms with Gasteiger partial charge in [-0.25, -0.2) is 4.79 Å². The maximum atomic E-state index is 12.6. The number of ether oxygens (including phenoxy) is 1. The molecule has 0 radical (unpaired) electrons. The first kappa shape index (κ1) is 25.7. The summed E-state index contributed by atoms with van der Waals surface area (Å²) < 4.78 is 5.70. The van der Waals surface area contributed by atoms with Crippen molar-refractivity contribution < 1.29 is 19.4 Å². The van der Waals surface area contributed by atoms with Gasteiger partial charge in [0.2, 0.25) is 5.91 Å². The van der Waals surface area contributed by atoms with Gasteiger partial charge in [0.15, 0.2) is 0 Å². The average molecular weight is 468 g/mol. The van der Waals surface area contributed by atoms with Crippen LogP contribution in [-0.2, 0) is 9.53 Å². The Morgan fingerprint density at radius 2 is 1.74 bits per heavy atom. The van der Waals surface area contributed by atoms with Gasteiger partial charge in [-0.1, -0.05) is 55.0 Å². The van der Waals surface area contributed by atoms with Crippen LogP contribution in [0.15, 0.2) is 54.6 Å². The Balaban J connectivity index is 1.38. The predicted octanol–water partition coefficient (Wildman–Crippen LogP) is 4.38. The van der Waals surface area contributed by atoms with Gasteiger partial charge in [-0.3, -0.25) is 10.1 Å². The number of likely N-dealkylation sites (tertiary alicyclic amines) is 1. The number of nitrogens with one attached hydrogen (secondary N) is 1. The summed E-state index contributed by atoms with van der Waals surface area (Å²) in [6.07, 6.45) is 4.04. The number of aliphatic hydroxyl groups excluding tert-OH is 1. The first-order chi connectivity index (χ1) is 16.6. The molecule has 0 unspecified atom stereocenters. The minimum atomic E-state index is -0.423. The highest BCUT2D eigenvalue weighted by atomic mass is 16.6. The van der Waals surface area contributed by atoms with E-state index >= 15 is 0 Å². The molecule has 2 amide bonds. The molecule has 184 valence electrons. The third-order valence-electron chi connectivity index (χ3n) is 6.28. The predicted molar refractivity (Wildman–Crippen MR) is 135 cm³/mol. The largest absolute Gasteiger partial charge is 0.446 e. The number of likely N-dealkylation sites (N-methyl/N-ethyl adjacent to an activating group) is 1. The molecule has 7 heteroatoms. The van der Waals surface area contributed by atoms with Crippen LogP contribution in [-0.4, -0.2) is 72.8 Å². The molecular formula is C27H37N3O4. The molecule has 1 heterocycles. The van der Waals surface area contributed by atoms with Gasteiger partial charge in [0.1, 0.15) is 6.10 Å². The molecule has 2 aromatic rings. The summed E-state index contributed by atoms with van der Waals surface area (Å²) in [6.45, 7) is 3.39. The van der Waals surface area contributed by atoms with Crippen molar-refractivity contribution in [3.63, 3.8) is 0 Å². The third kappa shape index (κ3) is 8.15. The van der Waals surface area contributed by atoms with Crippen LogP contribution in [0.1, 0.15) is 38.5 Å². The Morgan fingerprint density at radius 3 is 2.47 bits per heavy atom. The fraction of sp³-hybridized carbons (Fsp3) is 0.481. The van der Waals surface area contributed by atoms with Gasteiger partial charge in [-0.15, -0.1) is 0 Å². The quantitative estimate of drug-likeness (QED) is 0.480. The number of nitrogens with zero attached hydrogens (tertiary/aromatic N) is 2. The highest BCUT2D eigenvalue weighted by Gasteiger charge is 2.23. The van der Waals surface area contributed by atoms with Gasteiger partial charge in [-0.05, 0) is 37.3 Å². The second kappa shape index (κ2) is 13.7. The van der Waals surface area contributed by atoms with E-state index < -0.39 is 6.09 Å². The third-order valence-corrected chi connectivity index (χ3v) is 6.28. The summed E-state index contributed by atoms with van der Waals surface area (Å²) in [4.78, 5) is 28.9. The van der Waals surface area contributed by atoms with Crippen molar-refractivity contribution in [2.75, 3.05) is 45.2 Å². The lowest BCUT2D eigenvalue weighted by molar-refractivity contribution is -0.130. The van der Waals surface area contributed by atoms with Crippen molar-refractivity contribution in [3.8, 4) is 11.1 Å². The van der Waals surface area contributed by atoms with Gasteiger partial charge in [0, 0.05) is 51.8 Å². The highest BCUT2D eigenvalue weighted by molar-refractivity contribution is 5.91. The standard InChI is InChI=1S/C27H37N3O4/c1-29(26(32)14-6-3-9-21-31)19-20-30-17-15-23(16-18-30)34-27(33)28-25-13-8-7-12-24(25)22-10-4-2-5-11-22/h2,4-5,7-8,10-13,23,31H,3,6,9,14-21H2,1H3,(H,28,33). The normalized spacial score (nSPS) is 14.5. The Kier molecular flexibility index (Phi) is 10.4. The van der Waals surface area contributed by atoms with Crippen molar-refractivity contribution in [2.24, 2.45) is 0 Å². The summed E-state index contributed by atoms with van der Waals surface area (Å²) in [5, 5.41) is 11.7. The Hall–Kier alpha value is -2.90. The molecule has 0 atom stereocenters. The highest BCUT2D eigenvalue weighted by Crippen LogP contribution is 2.28. The number of rotatable bonds is 11. The van der Waals surface area contributed by atoms with Gasteiger partial charge < -0.3 is 19.6 Å². The molecule has 1 saturated heterocycles. The number of unbranched alkanes of at least 4 members (excludes halogenated alkanes) is 2. The number of carbonyl (C=O) groups is 2. The minimum Gasteiger partial charge on any atom is -0.446 e. The van der Waals surface area contributed by atoms with E-state index in [0.717, 1.165) is 68.6 Å². The van der Waals surface area contributed by atoms with Crippen LogP contribution in [0, 0.1) is 0 Å². The number of para-hydroxylation sites is 1. The van der Waals surface area contributed by atoms with Crippen LogP contribution in [0.5, 0.6) is 0 Å². The summed E-state index contributed by atoms with van der Waals surface area (Å²) in [6, 6.07) is 17.7. The lowest BCUT2D eigenvalue weighted by Gasteiger charge is -2.32. The molecule has 0 aromatic heterocycles. The molecule has 0 aliphatic carbocycles. The van der Waals surface area contributed by atoms with E-state index in [1.54, 1.807) is 4.90 Å². The number of carbonyl (C=O) groups excluding carboxylic acids is 2. The molecule has 2 aromatic carbocycles. The topological polar surface area (TPSA) is 82.1 Å². The van der Waals surface area contributed by atoms with Crippen LogP contribution in [0.3, 0.4) is 0 Å². The summed E-state index contributed by atoms with van der Waals surface area (Å²) >= 11 is 0. The molecule has 1 fully saturated rings. The molecule has 2 N–H and O–H groups in total. The molecule has 0 bridgehead atoms. The lowest BCUT2D eigenvalue weighted by Crippen LogP contribution is -2.42. The first-order valence-electron chi connectivity index (χ1n) is 12.3. The van der Waals surface area contributed by atoms with Crippen LogP contribution in [0.4, 0.5) is 10.5 Å². The number of hydrogen-bond donors (Lipinski definition) is 2. The van der Waals surface area contributed by atoms with Crippen LogP contribution in [0.2, 0.25) is 0 Å². The number of aliphatic hydroxyl groups is 1. The zero-order valence-corrected chi connectivity index (χ0v) is 20.1. The van der Waals surface area contributed by atoms with Crippen molar-refractivity contribution >= 4 is 17.7 Å². The SMILES string of the molecule is CN(CCN1CCC(OC(=O)Nc2ccccc2-c2ccccc2)CC1)C(=O)CCCCCO. The van der Waals surface area contributed by atoms with Crippen molar-refractivity contribution in [3.05, 3.63) is 54.6 Å². The van der Waals surface area contributed by atoms with E-state index in [9.17, 15) is 9.59 Å². The van der Waals surface area contributed by atoms with Gasteiger partial charge >= 0.3 is 6.09 Å². The maximum Gasteiger partial charge on any atom is 0.411 e. The van der Waals surface area contributed by atoms with E-state index in [1.165, 1.54) is 0 Å². The zero-order chi connectivity index (χ0) is 24.2. The lowest BCUT2D eigenvalue weighted by atomic mass is 10.0. The van der Waals surface area contributed by atoms with E-state index in [4.69, 9.17) is 9.84 Å². The Morgan fingerprint density at radius 1 is 1.03 bits per heavy atom. The number of piperidine rings is 1. The molecule has 1 aliphatic heterocycles. The smallest absolute Gasteiger partial charge is 0.411 e. The van der Waals surface area contributed by atoms with Gasteiger partial charge in [0.25, 0.3) is 0 Å². The van der Waals surface area contributed by atoms with Gasteiger partial charge in [0.05, 0.1) is 5.69 Å². The summed E-state index contributed by atoms with van der Waals surface area (Å²) in [7, 11) is 1.85. The van der Waals surface area contributed by atoms with Crippen LogP contribution < -0.4 is 5.32 Å². The molecule has 3 rings (SSSR count). The van der Waals surface area contributed by atoms with Crippen LogP contribution in [0.25, 0.3) is 11.1 Å². The fourth-order valence-corrected chi connectivity index (χ4v) is 4.17. The van der Waals surface area contributed by atoms with E-state index in [2.05, 4.69) is 10.2 Å². The zero-order valence-electron chi connectivity index (χ0n) is 20.1.